The number of nitrogens with two attached hydrogens (primary N) is 1. The molecule has 3 amide bonds. The molecule has 0 heterocycles. The average molecular weight is 413 g/mol. The van der Waals surface area contributed by atoms with Gasteiger partial charge in [0.2, 0.25) is 0 Å². The summed E-state index contributed by atoms with van der Waals surface area (Å²) in [5.41, 5.74) is 5.49. The maximum atomic E-state index is 12.1. The molecule has 28 heavy (non-hydrogen) atoms. The first kappa shape index (κ1) is 23.3. The van der Waals surface area contributed by atoms with Gasteiger partial charge in [-0.1, -0.05) is 25.4 Å². The van der Waals surface area contributed by atoms with Crippen molar-refractivity contribution < 1.29 is 28.6 Å². The van der Waals surface area contributed by atoms with Crippen LogP contribution in [0.3, 0.4) is 0 Å². The van der Waals surface area contributed by atoms with E-state index in [1.54, 1.807) is 26.0 Å². The van der Waals surface area contributed by atoms with Crippen LogP contribution in [0.4, 0.5) is 4.79 Å². The predicted octanol–water partition coefficient (Wildman–Crippen LogP) is 2.91. The van der Waals surface area contributed by atoms with Gasteiger partial charge < -0.3 is 19.9 Å². The number of carbonyl (C=O) groups is 3. The molecule has 154 valence electrons. The molecular formula is C19H25ClN2O6. The van der Waals surface area contributed by atoms with E-state index in [9.17, 15) is 14.4 Å². The van der Waals surface area contributed by atoms with E-state index in [1.165, 1.54) is 13.2 Å². The first-order chi connectivity index (χ1) is 13.0. The van der Waals surface area contributed by atoms with Gasteiger partial charge in [-0.15, -0.1) is 0 Å². The SMILES string of the molecule is COc1cc(/C=C/C(=O)O[C@@H](C(=O)NC(N)=O)C(C)C)cc(Cl)c1OC(C)C. The Morgan fingerprint density at radius 3 is 2.32 bits per heavy atom. The van der Waals surface area contributed by atoms with Gasteiger partial charge in [0.15, 0.2) is 17.6 Å². The Labute approximate surface area is 169 Å². The minimum absolute atomic E-state index is 0.0951. The molecule has 1 atom stereocenters. The molecule has 1 aromatic rings. The lowest BCUT2D eigenvalue weighted by Crippen LogP contribution is -2.45. The first-order valence-corrected chi connectivity index (χ1v) is 8.96. The first-order valence-electron chi connectivity index (χ1n) is 8.58. The highest BCUT2D eigenvalue weighted by atomic mass is 35.5. The van der Waals surface area contributed by atoms with E-state index < -0.39 is 24.0 Å². The third kappa shape index (κ3) is 7.11. The number of hydrogen-bond acceptors (Lipinski definition) is 6. The minimum Gasteiger partial charge on any atom is -0.493 e. The summed E-state index contributed by atoms with van der Waals surface area (Å²) in [5, 5.41) is 2.22. The number of esters is 1. The maximum absolute atomic E-state index is 12.1. The molecule has 1 aromatic carbocycles. The standard InChI is InChI=1S/C19H25ClN2O6/c1-10(2)16(18(24)22-19(21)25)28-15(23)7-6-12-8-13(20)17(27-11(3)4)14(9-12)26-5/h6-11,16H,1-5H3,(H3,21,22,24,25)/b7-6+/t16-/m1/s1. The zero-order valence-corrected chi connectivity index (χ0v) is 17.2. The molecule has 8 nitrogen and oxygen atoms in total. The highest BCUT2D eigenvalue weighted by molar-refractivity contribution is 6.32. The fraction of sp³-hybridized carbons (Fsp3) is 0.421. The zero-order chi connectivity index (χ0) is 21.4. The number of amides is 3. The van der Waals surface area contributed by atoms with Gasteiger partial charge in [-0.25, -0.2) is 9.59 Å². The van der Waals surface area contributed by atoms with Crippen LogP contribution in [-0.2, 0) is 14.3 Å². The highest BCUT2D eigenvalue weighted by Gasteiger charge is 2.26. The lowest BCUT2D eigenvalue weighted by molar-refractivity contribution is -0.153. The molecule has 0 bridgehead atoms. The molecule has 3 N–H and O–H groups in total. The van der Waals surface area contributed by atoms with E-state index in [0.717, 1.165) is 6.08 Å². The second kappa shape index (κ2) is 10.6. The number of ether oxygens (including phenoxy) is 3. The van der Waals surface area contributed by atoms with Crippen LogP contribution in [0, 0.1) is 5.92 Å². The third-order valence-corrected chi connectivity index (χ3v) is 3.65. The number of urea groups is 1. The topological polar surface area (TPSA) is 117 Å². The van der Waals surface area contributed by atoms with Gasteiger partial charge in [-0.05, 0) is 43.5 Å². The number of methoxy groups -OCH3 is 1. The van der Waals surface area contributed by atoms with E-state index in [2.05, 4.69) is 0 Å². The quantitative estimate of drug-likeness (QED) is 0.500. The summed E-state index contributed by atoms with van der Waals surface area (Å²) in [6, 6.07) is 2.23. The number of halogens is 1. The second-order valence-electron chi connectivity index (χ2n) is 6.49. The van der Waals surface area contributed by atoms with Crippen LogP contribution in [0.25, 0.3) is 6.08 Å². The lowest BCUT2D eigenvalue weighted by Gasteiger charge is -2.19. The molecule has 0 saturated carbocycles. The van der Waals surface area contributed by atoms with E-state index in [-0.39, 0.29) is 12.0 Å². The monoisotopic (exact) mass is 412 g/mol. The third-order valence-electron chi connectivity index (χ3n) is 3.37. The maximum Gasteiger partial charge on any atom is 0.331 e. The molecule has 0 aliphatic rings. The van der Waals surface area contributed by atoms with Gasteiger partial charge in [0, 0.05) is 6.08 Å². The number of benzene rings is 1. The van der Waals surface area contributed by atoms with Crippen LogP contribution in [0.1, 0.15) is 33.3 Å². The van der Waals surface area contributed by atoms with Crippen molar-refractivity contribution in [2.24, 2.45) is 11.7 Å². The van der Waals surface area contributed by atoms with Crippen molar-refractivity contribution in [2.45, 2.75) is 39.9 Å². The summed E-state index contributed by atoms with van der Waals surface area (Å²) in [6.07, 6.45) is 1.34. The van der Waals surface area contributed by atoms with Crippen LogP contribution in [0.5, 0.6) is 11.5 Å². The van der Waals surface area contributed by atoms with Crippen LogP contribution in [0.2, 0.25) is 5.02 Å². The molecule has 0 spiro atoms. The smallest absolute Gasteiger partial charge is 0.331 e. The summed E-state index contributed by atoms with van der Waals surface area (Å²) in [4.78, 5) is 34.8. The summed E-state index contributed by atoms with van der Waals surface area (Å²) in [5.74, 6) is -1.10. The van der Waals surface area contributed by atoms with Crippen LogP contribution < -0.4 is 20.5 Å². The van der Waals surface area contributed by atoms with Crippen molar-refractivity contribution in [3.63, 3.8) is 0 Å². The molecule has 0 aliphatic carbocycles. The van der Waals surface area contributed by atoms with E-state index in [4.69, 9.17) is 31.5 Å². The van der Waals surface area contributed by atoms with E-state index >= 15 is 0 Å². The zero-order valence-electron chi connectivity index (χ0n) is 16.4. The van der Waals surface area contributed by atoms with Crippen LogP contribution in [0.15, 0.2) is 18.2 Å². The van der Waals surface area contributed by atoms with Gasteiger partial charge >= 0.3 is 12.0 Å². The normalized spacial score (nSPS) is 12.1. The Kier molecular flexibility index (Phi) is 8.78. The fourth-order valence-corrected chi connectivity index (χ4v) is 2.46. The second-order valence-corrected chi connectivity index (χ2v) is 6.90. The molecule has 0 fully saturated rings. The van der Waals surface area contributed by atoms with Crippen molar-refractivity contribution >= 4 is 35.6 Å². The lowest BCUT2D eigenvalue weighted by atomic mass is 10.1. The molecule has 0 aliphatic heterocycles. The van der Waals surface area contributed by atoms with Crippen molar-refractivity contribution in [3.8, 4) is 11.5 Å². The molecule has 0 aromatic heterocycles. The Morgan fingerprint density at radius 2 is 1.82 bits per heavy atom. The molecule has 0 saturated heterocycles. The molecule has 1 rings (SSSR count). The number of carbonyl (C=O) groups excluding carboxylic acids is 3. The Hall–Kier alpha value is -2.74. The van der Waals surface area contributed by atoms with Crippen LogP contribution >= 0.6 is 11.6 Å². The minimum atomic E-state index is -1.16. The Morgan fingerprint density at radius 1 is 1.18 bits per heavy atom. The van der Waals surface area contributed by atoms with Gasteiger partial charge in [0.1, 0.15) is 0 Å². The number of nitrogens with one attached hydrogen (secondary N) is 1. The van der Waals surface area contributed by atoms with E-state index in [0.29, 0.717) is 22.1 Å². The van der Waals surface area contributed by atoms with Crippen LogP contribution in [-0.4, -0.2) is 37.2 Å². The number of imide groups is 1. The largest absolute Gasteiger partial charge is 0.493 e. The molecule has 0 radical (unpaired) electrons. The predicted molar refractivity (Wildman–Crippen MR) is 105 cm³/mol. The van der Waals surface area contributed by atoms with Gasteiger partial charge in [-0.3, -0.25) is 10.1 Å². The Bertz CT molecular complexity index is 761. The fourth-order valence-electron chi connectivity index (χ4n) is 2.20. The molecule has 0 unspecified atom stereocenters. The number of hydrogen-bond donors (Lipinski definition) is 2. The van der Waals surface area contributed by atoms with Crippen molar-refractivity contribution in [1.82, 2.24) is 5.32 Å². The average Bonchev–Trinajstić information content (AvgIpc) is 2.58. The van der Waals surface area contributed by atoms with E-state index in [1.807, 2.05) is 19.2 Å². The summed E-state index contributed by atoms with van der Waals surface area (Å²) in [6.45, 7) is 7.05. The van der Waals surface area contributed by atoms with Crippen molar-refractivity contribution in [2.75, 3.05) is 7.11 Å². The highest BCUT2D eigenvalue weighted by Crippen LogP contribution is 2.37. The molecule has 9 heteroatoms. The van der Waals surface area contributed by atoms with Crippen molar-refractivity contribution in [1.29, 1.82) is 0 Å². The van der Waals surface area contributed by atoms with Crippen molar-refractivity contribution in [3.05, 3.63) is 28.8 Å². The Balaban J connectivity index is 2.95. The number of rotatable bonds is 8. The summed E-state index contributed by atoms with van der Waals surface area (Å²) >= 11 is 6.24. The summed E-state index contributed by atoms with van der Waals surface area (Å²) in [7, 11) is 1.48. The summed E-state index contributed by atoms with van der Waals surface area (Å²) < 4.78 is 16.0. The van der Waals surface area contributed by atoms with Gasteiger partial charge in [-0.2, -0.15) is 0 Å². The van der Waals surface area contributed by atoms with Gasteiger partial charge in [0.25, 0.3) is 5.91 Å². The molecular weight excluding hydrogens is 388 g/mol. The van der Waals surface area contributed by atoms with Gasteiger partial charge in [0.05, 0.1) is 18.2 Å². The number of primary amides is 1.